The second kappa shape index (κ2) is 6.96. The highest BCUT2D eigenvalue weighted by Crippen LogP contribution is 2.26. The van der Waals surface area contributed by atoms with Crippen LogP contribution in [-0.4, -0.2) is 28.1 Å². The first-order valence-electron chi connectivity index (χ1n) is 7.08. The molecule has 3 N–H and O–H groups in total. The Kier molecular flexibility index (Phi) is 5.27. The largest absolute Gasteiger partial charge is 0.347 e. The zero-order valence-corrected chi connectivity index (χ0v) is 12.2. The van der Waals surface area contributed by atoms with Gasteiger partial charge in [-0.05, 0) is 36.7 Å². The average Bonchev–Trinajstić information content (AvgIpc) is 2.94. The zero-order valence-electron chi connectivity index (χ0n) is 11.4. The second-order valence-electron chi connectivity index (χ2n) is 5.12. The third kappa shape index (κ3) is 3.51. The summed E-state index contributed by atoms with van der Waals surface area (Å²) in [5.41, 5.74) is 6.61. The van der Waals surface area contributed by atoms with Gasteiger partial charge in [-0.2, -0.15) is 0 Å². The van der Waals surface area contributed by atoms with Crippen molar-refractivity contribution in [1.29, 1.82) is 0 Å². The van der Waals surface area contributed by atoms with Gasteiger partial charge in [-0.25, -0.2) is 0 Å². The molecule has 5 nitrogen and oxygen atoms in total. The third-order valence-electron chi connectivity index (χ3n) is 3.89. The van der Waals surface area contributed by atoms with Crippen LogP contribution in [-0.2, 0) is 6.42 Å². The number of hydrogen-bond acceptors (Lipinski definition) is 5. The number of carbonyl (C=O) groups excluding carboxylic acids is 1. The molecule has 1 amide bonds. The van der Waals surface area contributed by atoms with Crippen LogP contribution < -0.4 is 11.1 Å². The predicted molar refractivity (Wildman–Crippen MR) is 76.2 cm³/mol. The van der Waals surface area contributed by atoms with Crippen molar-refractivity contribution in [3.05, 3.63) is 10.6 Å². The third-order valence-corrected chi connectivity index (χ3v) is 4.65. The quantitative estimate of drug-likeness (QED) is 0.862. The second-order valence-corrected chi connectivity index (χ2v) is 5.87. The summed E-state index contributed by atoms with van der Waals surface area (Å²) in [5.74, 6) is 0.460. The van der Waals surface area contributed by atoms with Crippen LogP contribution in [0.1, 0.15) is 54.4 Å². The first kappa shape index (κ1) is 14.4. The summed E-state index contributed by atoms with van der Waals surface area (Å²) in [6, 6.07) is 0.0830. The van der Waals surface area contributed by atoms with E-state index < -0.39 is 0 Å². The van der Waals surface area contributed by atoms with Crippen LogP contribution in [0.2, 0.25) is 0 Å². The summed E-state index contributed by atoms with van der Waals surface area (Å²) in [6.45, 7) is 2.49. The van der Waals surface area contributed by atoms with Gasteiger partial charge in [0.05, 0.1) is 5.69 Å². The summed E-state index contributed by atoms with van der Waals surface area (Å²) in [6.07, 6.45) is 6.88. The minimum absolute atomic E-state index is 0.0622. The van der Waals surface area contributed by atoms with Gasteiger partial charge in [0.2, 0.25) is 0 Å². The number of hydrogen-bond donors (Lipinski definition) is 2. The van der Waals surface area contributed by atoms with E-state index >= 15 is 0 Å². The molecule has 0 bridgehead atoms. The van der Waals surface area contributed by atoms with Gasteiger partial charge in [0, 0.05) is 12.6 Å². The lowest BCUT2D eigenvalue weighted by atomic mass is 9.84. The lowest BCUT2D eigenvalue weighted by Gasteiger charge is -2.29. The van der Waals surface area contributed by atoms with E-state index in [-0.39, 0.29) is 11.9 Å². The number of aromatic nitrogens is 2. The molecule has 0 aliphatic heterocycles. The number of nitrogens with two attached hydrogens (primary N) is 1. The molecular formula is C13H22N4OS. The number of nitrogens with zero attached hydrogens (tertiary/aromatic N) is 2. The van der Waals surface area contributed by atoms with Crippen molar-refractivity contribution in [2.24, 2.45) is 11.7 Å². The standard InChI is InChI=1S/C13H22N4OS/c1-2-10-12(19-17-16-10)13(18)15-11(8-14)9-6-4-3-5-7-9/h9,11H,2-8,14H2,1H3,(H,15,18). The van der Waals surface area contributed by atoms with Crippen molar-refractivity contribution in [3.8, 4) is 0 Å². The maximum absolute atomic E-state index is 12.3. The van der Waals surface area contributed by atoms with E-state index in [1.807, 2.05) is 6.92 Å². The summed E-state index contributed by atoms with van der Waals surface area (Å²) in [4.78, 5) is 12.9. The van der Waals surface area contributed by atoms with Crippen molar-refractivity contribution >= 4 is 17.4 Å². The van der Waals surface area contributed by atoms with E-state index in [4.69, 9.17) is 5.73 Å². The van der Waals surface area contributed by atoms with Crippen molar-refractivity contribution < 1.29 is 4.79 Å². The Morgan fingerprint density at radius 2 is 2.21 bits per heavy atom. The van der Waals surface area contributed by atoms with Crippen molar-refractivity contribution in [2.45, 2.75) is 51.5 Å². The molecule has 2 rings (SSSR count). The van der Waals surface area contributed by atoms with E-state index in [0.717, 1.165) is 12.1 Å². The Balaban J connectivity index is 1.99. The maximum Gasteiger partial charge on any atom is 0.265 e. The number of aryl methyl sites for hydroxylation is 1. The lowest BCUT2D eigenvalue weighted by molar-refractivity contribution is 0.0918. The molecule has 1 heterocycles. The zero-order chi connectivity index (χ0) is 13.7. The molecule has 0 spiro atoms. The van der Waals surface area contributed by atoms with Crippen LogP contribution in [0.25, 0.3) is 0 Å². The number of carbonyl (C=O) groups is 1. The molecule has 0 saturated heterocycles. The van der Waals surface area contributed by atoms with E-state index in [2.05, 4.69) is 14.9 Å². The fourth-order valence-electron chi connectivity index (χ4n) is 2.75. The Bertz CT molecular complexity index is 415. The number of nitrogens with one attached hydrogen (secondary N) is 1. The SMILES string of the molecule is CCc1nnsc1C(=O)NC(CN)C1CCCCC1. The first-order valence-corrected chi connectivity index (χ1v) is 7.85. The molecule has 1 unspecified atom stereocenters. The van der Waals surface area contributed by atoms with Crippen LogP contribution in [0.5, 0.6) is 0 Å². The van der Waals surface area contributed by atoms with E-state index in [9.17, 15) is 4.79 Å². The fourth-order valence-corrected chi connectivity index (χ4v) is 3.41. The molecule has 1 aromatic rings. The van der Waals surface area contributed by atoms with Gasteiger partial charge in [0.15, 0.2) is 0 Å². The smallest absolute Gasteiger partial charge is 0.265 e. The minimum atomic E-state index is -0.0622. The Morgan fingerprint density at radius 1 is 1.47 bits per heavy atom. The molecule has 0 radical (unpaired) electrons. The van der Waals surface area contributed by atoms with Gasteiger partial charge in [-0.3, -0.25) is 4.79 Å². The van der Waals surface area contributed by atoms with Gasteiger partial charge in [0.25, 0.3) is 5.91 Å². The Morgan fingerprint density at radius 3 is 2.84 bits per heavy atom. The molecule has 1 atom stereocenters. The molecular weight excluding hydrogens is 260 g/mol. The summed E-state index contributed by atoms with van der Waals surface area (Å²) < 4.78 is 3.86. The van der Waals surface area contributed by atoms with Gasteiger partial charge >= 0.3 is 0 Å². The van der Waals surface area contributed by atoms with Crippen LogP contribution >= 0.6 is 11.5 Å². The first-order chi connectivity index (χ1) is 9.26. The molecule has 0 aromatic carbocycles. The van der Waals surface area contributed by atoms with Crippen LogP contribution in [0, 0.1) is 5.92 Å². The average molecular weight is 282 g/mol. The maximum atomic E-state index is 12.3. The molecule has 1 aliphatic rings. The van der Waals surface area contributed by atoms with E-state index in [1.54, 1.807) is 0 Å². The van der Waals surface area contributed by atoms with Gasteiger partial charge in [-0.15, -0.1) is 5.10 Å². The minimum Gasteiger partial charge on any atom is -0.347 e. The fraction of sp³-hybridized carbons (Fsp3) is 0.769. The van der Waals surface area contributed by atoms with E-state index in [0.29, 0.717) is 17.3 Å². The predicted octanol–water partition coefficient (Wildman–Crippen LogP) is 1.74. The molecule has 6 heteroatoms. The van der Waals surface area contributed by atoms with Gasteiger partial charge < -0.3 is 11.1 Å². The van der Waals surface area contributed by atoms with Crippen LogP contribution in [0.4, 0.5) is 0 Å². The summed E-state index contributed by atoms with van der Waals surface area (Å²) in [5, 5.41) is 7.06. The monoisotopic (exact) mass is 282 g/mol. The summed E-state index contributed by atoms with van der Waals surface area (Å²) in [7, 11) is 0. The highest BCUT2D eigenvalue weighted by Gasteiger charge is 2.25. The highest BCUT2D eigenvalue weighted by molar-refractivity contribution is 7.08. The molecule has 19 heavy (non-hydrogen) atoms. The van der Waals surface area contributed by atoms with E-state index in [1.165, 1.54) is 43.6 Å². The Labute approximate surface area is 118 Å². The Hall–Kier alpha value is -1.01. The summed E-state index contributed by atoms with van der Waals surface area (Å²) >= 11 is 1.17. The van der Waals surface area contributed by atoms with Crippen molar-refractivity contribution in [2.75, 3.05) is 6.54 Å². The van der Waals surface area contributed by atoms with Crippen LogP contribution in [0.3, 0.4) is 0 Å². The number of rotatable bonds is 5. The van der Waals surface area contributed by atoms with Crippen LogP contribution in [0.15, 0.2) is 0 Å². The molecule has 1 fully saturated rings. The lowest BCUT2D eigenvalue weighted by Crippen LogP contribution is -2.45. The molecule has 1 aliphatic carbocycles. The highest BCUT2D eigenvalue weighted by atomic mass is 32.1. The molecule has 106 valence electrons. The van der Waals surface area contributed by atoms with Crippen molar-refractivity contribution in [1.82, 2.24) is 14.9 Å². The molecule has 1 aromatic heterocycles. The normalized spacial score (nSPS) is 18.2. The topological polar surface area (TPSA) is 80.9 Å². The van der Waals surface area contributed by atoms with Gasteiger partial charge in [-0.1, -0.05) is 30.7 Å². The molecule has 1 saturated carbocycles. The number of amides is 1. The van der Waals surface area contributed by atoms with Crippen molar-refractivity contribution in [3.63, 3.8) is 0 Å². The van der Waals surface area contributed by atoms with Gasteiger partial charge in [0.1, 0.15) is 4.88 Å².